The zero-order valence-corrected chi connectivity index (χ0v) is 16.7. The Bertz CT molecular complexity index is 1030. The molecule has 0 aromatic heterocycles. The molecule has 3 aromatic rings. The molecule has 2 unspecified atom stereocenters. The summed E-state index contributed by atoms with van der Waals surface area (Å²) in [5, 5.41) is 14.8. The number of nitrogens with zero attached hydrogens (tertiary/aromatic N) is 1. The van der Waals surface area contributed by atoms with Crippen molar-refractivity contribution in [2.45, 2.75) is 32.0 Å². The number of hydrogen-bond donors (Lipinski definition) is 2. The fourth-order valence-electron chi connectivity index (χ4n) is 3.77. The van der Waals surface area contributed by atoms with E-state index in [-0.39, 0.29) is 6.04 Å². The van der Waals surface area contributed by atoms with Gasteiger partial charge in [-0.1, -0.05) is 71.8 Å². The van der Waals surface area contributed by atoms with Crippen LogP contribution in [0.3, 0.4) is 0 Å². The van der Waals surface area contributed by atoms with Crippen LogP contribution in [0.5, 0.6) is 5.75 Å². The number of aromatic hydroxyl groups is 1. The van der Waals surface area contributed by atoms with Crippen LogP contribution in [0, 0.1) is 6.92 Å². The van der Waals surface area contributed by atoms with E-state index in [1.54, 1.807) is 6.07 Å². The van der Waals surface area contributed by atoms with Gasteiger partial charge >= 0.3 is 0 Å². The van der Waals surface area contributed by atoms with E-state index < -0.39 is 5.66 Å². The van der Waals surface area contributed by atoms with Gasteiger partial charge in [0.1, 0.15) is 11.4 Å². The smallest absolute Gasteiger partial charge is 0.134 e. The summed E-state index contributed by atoms with van der Waals surface area (Å²) in [4.78, 5) is 5.10. The maximum atomic E-state index is 10.4. The molecule has 4 heteroatoms. The molecule has 3 aromatic carbocycles. The van der Waals surface area contributed by atoms with Crippen molar-refractivity contribution in [1.29, 1.82) is 0 Å². The average Bonchev–Trinajstić information content (AvgIpc) is 2.68. The van der Waals surface area contributed by atoms with E-state index in [4.69, 9.17) is 16.6 Å². The first-order valence-electron chi connectivity index (χ1n) is 9.42. The van der Waals surface area contributed by atoms with Gasteiger partial charge in [-0.3, -0.25) is 10.3 Å². The Morgan fingerprint density at radius 2 is 1.79 bits per heavy atom. The van der Waals surface area contributed by atoms with Gasteiger partial charge < -0.3 is 5.11 Å². The Kier molecular flexibility index (Phi) is 4.96. The summed E-state index contributed by atoms with van der Waals surface area (Å²) in [6.45, 7) is 4.13. The molecule has 0 saturated carbocycles. The van der Waals surface area contributed by atoms with E-state index in [1.807, 2.05) is 42.5 Å². The van der Waals surface area contributed by atoms with E-state index in [0.29, 0.717) is 17.2 Å². The quantitative estimate of drug-likeness (QED) is 0.598. The third kappa shape index (κ3) is 3.68. The molecule has 0 radical (unpaired) electrons. The van der Waals surface area contributed by atoms with E-state index >= 15 is 0 Å². The van der Waals surface area contributed by atoms with Crippen LogP contribution in [-0.4, -0.2) is 10.8 Å². The minimum Gasteiger partial charge on any atom is -0.508 e. The van der Waals surface area contributed by atoms with Gasteiger partial charge in [0.05, 0.1) is 0 Å². The van der Waals surface area contributed by atoms with Crippen molar-refractivity contribution in [3.63, 3.8) is 0 Å². The number of aryl methyl sites for hydroxylation is 1. The van der Waals surface area contributed by atoms with Crippen LogP contribution in [0.25, 0.3) is 0 Å². The number of hydrogen-bond acceptors (Lipinski definition) is 3. The van der Waals surface area contributed by atoms with Gasteiger partial charge in [-0.05, 0) is 43.2 Å². The van der Waals surface area contributed by atoms with Crippen LogP contribution in [0.2, 0.25) is 5.02 Å². The number of para-hydroxylation sites is 1. The lowest BCUT2D eigenvalue weighted by atomic mass is 9.89. The molecule has 1 aliphatic rings. The highest BCUT2D eigenvalue weighted by Crippen LogP contribution is 2.37. The second kappa shape index (κ2) is 7.42. The number of phenols is 1. The van der Waals surface area contributed by atoms with Gasteiger partial charge in [0.25, 0.3) is 0 Å². The van der Waals surface area contributed by atoms with Crippen molar-refractivity contribution in [2.75, 3.05) is 0 Å². The Balaban J connectivity index is 1.83. The number of halogens is 1. The van der Waals surface area contributed by atoms with Crippen molar-refractivity contribution in [3.8, 4) is 5.75 Å². The maximum absolute atomic E-state index is 10.4. The Morgan fingerprint density at radius 3 is 2.50 bits per heavy atom. The lowest BCUT2D eigenvalue weighted by Crippen LogP contribution is -2.45. The van der Waals surface area contributed by atoms with Gasteiger partial charge in [0, 0.05) is 28.8 Å². The van der Waals surface area contributed by atoms with Gasteiger partial charge in [-0.15, -0.1) is 0 Å². The Labute approximate surface area is 170 Å². The minimum absolute atomic E-state index is 0.0704. The van der Waals surface area contributed by atoms with Crippen molar-refractivity contribution in [1.82, 2.24) is 5.32 Å². The monoisotopic (exact) mass is 390 g/mol. The summed E-state index contributed by atoms with van der Waals surface area (Å²) in [6.07, 6.45) is 0.691. The standard InChI is InChI=1S/C24H23ClN2O/c1-16-10-12-17(13-11-16)21-15-22(20-8-3-4-9-23(20)28)27-24(2,26-21)18-6-5-7-19(25)14-18/h3-14,22,27-28H,15H2,1-2H3. The molecule has 0 bridgehead atoms. The van der Waals surface area contributed by atoms with E-state index in [2.05, 4.69) is 43.4 Å². The molecule has 2 atom stereocenters. The number of aliphatic imine (C=N–C) groups is 1. The molecule has 2 N–H and O–H groups in total. The predicted molar refractivity (Wildman–Crippen MR) is 115 cm³/mol. The normalized spacial score (nSPS) is 22.0. The van der Waals surface area contributed by atoms with Crippen LogP contribution in [0.15, 0.2) is 77.8 Å². The minimum atomic E-state index is -0.656. The lowest BCUT2D eigenvalue weighted by Gasteiger charge is -2.38. The summed E-state index contributed by atoms with van der Waals surface area (Å²) >= 11 is 6.26. The SMILES string of the molecule is Cc1ccc(C2=NC(C)(c3cccc(Cl)c3)NC(c3ccccc3O)C2)cc1. The van der Waals surface area contributed by atoms with Gasteiger partial charge in [0.2, 0.25) is 0 Å². The molecule has 0 aliphatic carbocycles. The zero-order valence-electron chi connectivity index (χ0n) is 16.0. The summed E-state index contributed by atoms with van der Waals surface area (Å²) in [5.41, 5.74) is 4.53. The predicted octanol–water partition coefficient (Wildman–Crippen LogP) is 5.75. The van der Waals surface area contributed by atoms with Crippen molar-refractivity contribution < 1.29 is 5.11 Å². The fourth-order valence-corrected chi connectivity index (χ4v) is 3.96. The molecule has 1 aliphatic heterocycles. The molecule has 0 saturated heterocycles. The second-order valence-electron chi connectivity index (χ2n) is 7.47. The third-order valence-corrected chi connectivity index (χ3v) is 5.53. The van der Waals surface area contributed by atoms with Crippen LogP contribution in [-0.2, 0) is 5.66 Å². The van der Waals surface area contributed by atoms with Crippen LogP contribution < -0.4 is 5.32 Å². The topological polar surface area (TPSA) is 44.6 Å². The molecule has 0 amide bonds. The average molecular weight is 391 g/mol. The molecular formula is C24H23ClN2O. The Morgan fingerprint density at radius 1 is 1.04 bits per heavy atom. The van der Waals surface area contributed by atoms with Gasteiger partial charge in [-0.2, -0.15) is 0 Å². The van der Waals surface area contributed by atoms with Crippen molar-refractivity contribution in [3.05, 3.63) is 100 Å². The van der Waals surface area contributed by atoms with Crippen molar-refractivity contribution >= 4 is 17.3 Å². The van der Waals surface area contributed by atoms with Gasteiger partial charge in [0.15, 0.2) is 0 Å². The fraction of sp³-hybridized carbons (Fsp3) is 0.208. The first-order valence-corrected chi connectivity index (χ1v) is 9.80. The lowest BCUT2D eigenvalue weighted by molar-refractivity contribution is 0.309. The van der Waals surface area contributed by atoms with E-state index in [1.165, 1.54) is 5.56 Å². The molecule has 4 rings (SSSR count). The van der Waals surface area contributed by atoms with Crippen LogP contribution in [0.1, 0.15) is 41.6 Å². The second-order valence-corrected chi connectivity index (χ2v) is 7.90. The van der Waals surface area contributed by atoms with E-state index in [9.17, 15) is 5.11 Å². The largest absolute Gasteiger partial charge is 0.508 e. The summed E-state index contributed by atoms with van der Waals surface area (Å²) in [5.74, 6) is 0.290. The summed E-state index contributed by atoms with van der Waals surface area (Å²) in [6, 6.07) is 23.6. The number of rotatable bonds is 3. The van der Waals surface area contributed by atoms with Crippen LogP contribution >= 0.6 is 11.6 Å². The van der Waals surface area contributed by atoms with Crippen molar-refractivity contribution in [2.24, 2.45) is 4.99 Å². The van der Waals surface area contributed by atoms with E-state index in [0.717, 1.165) is 22.4 Å². The molecule has 1 heterocycles. The highest BCUT2D eigenvalue weighted by molar-refractivity contribution is 6.30. The zero-order chi connectivity index (χ0) is 19.7. The van der Waals surface area contributed by atoms with Crippen LogP contribution in [0.4, 0.5) is 0 Å². The molecule has 28 heavy (non-hydrogen) atoms. The molecular weight excluding hydrogens is 368 g/mol. The number of phenolic OH excluding ortho intramolecular Hbond substituents is 1. The molecule has 0 fully saturated rings. The first kappa shape index (κ1) is 18.7. The molecule has 0 spiro atoms. The molecule has 142 valence electrons. The highest BCUT2D eigenvalue weighted by Gasteiger charge is 2.35. The first-order chi connectivity index (χ1) is 13.4. The maximum Gasteiger partial charge on any atom is 0.134 e. The number of nitrogens with one attached hydrogen (secondary N) is 1. The van der Waals surface area contributed by atoms with Gasteiger partial charge in [-0.25, -0.2) is 0 Å². The highest BCUT2D eigenvalue weighted by atomic mass is 35.5. The Hall–Kier alpha value is -2.62. The number of benzene rings is 3. The summed E-state index contributed by atoms with van der Waals surface area (Å²) in [7, 11) is 0. The third-order valence-electron chi connectivity index (χ3n) is 5.30. The summed E-state index contributed by atoms with van der Waals surface area (Å²) < 4.78 is 0. The molecule has 3 nitrogen and oxygen atoms in total.